The monoisotopic (exact) mass is 262 g/mol. The second-order valence-electron chi connectivity index (χ2n) is 5.03. The minimum Gasteiger partial charge on any atom is -0.340 e. The normalized spacial score (nSPS) is 27.1. The van der Waals surface area contributed by atoms with E-state index in [4.69, 9.17) is 5.73 Å². The molecular weight excluding hydrogens is 244 g/mol. The highest BCUT2D eigenvalue weighted by Crippen LogP contribution is 2.38. The van der Waals surface area contributed by atoms with Gasteiger partial charge in [0.15, 0.2) is 0 Å². The molecule has 0 aromatic heterocycles. The van der Waals surface area contributed by atoms with Gasteiger partial charge < -0.3 is 10.6 Å². The van der Waals surface area contributed by atoms with E-state index in [-0.39, 0.29) is 17.2 Å². The maximum absolute atomic E-state index is 12.6. The standard InChI is InChI=1S/C14H18N2OS/c15-11-5-7-16(9-11)14(17)13-12-4-2-1-3-10(12)6-8-18-13/h1-4,11,13H,5-9,15H2/t11-,13+/m0/s1. The molecule has 2 aliphatic rings. The molecule has 1 saturated heterocycles. The van der Waals surface area contributed by atoms with Gasteiger partial charge in [0.2, 0.25) is 5.91 Å². The average Bonchev–Trinajstić information content (AvgIpc) is 2.84. The van der Waals surface area contributed by atoms with Crippen molar-refractivity contribution in [3.05, 3.63) is 35.4 Å². The fourth-order valence-electron chi connectivity index (χ4n) is 2.75. The van der Waals surface area contributed by atoms with Crippen LogP contribution in [0.2, 0.25) is 0 Å². The van der Waals surface area contributed by atoms with Gasteiger partial charge in [0.1, 0.15) is 5.25 Å². The molecule has 0 saturated carbocycles. The van der Waals surface area contributed by atoms with E-state index in [0.29, 0.717) is 0 Å². The molecule has 2 aliphatic heterocycles. The Labute approximate surface area is 112 Å². The van der Waals surface area contributed by atoms with Gasteiger partial charge in [0.05, 0.1) is 0 Å². The van der Waals surface area contributed by atoms with E-state index in [2.05, 4.69) is 18.2 Å². The molecule has 2 N–H and O–H groups in total. The van der Waals surface area contributed by atoms with Crippen LogP contribution in [0.15, 0.2) is 24.3 Å². The number of benzene rings is 1. The van der Waals surface area contributed by atoms with Gasteiger partial charge >= 0.3 is 0 Å². The summed E-state index contributed by atoms with van der Waals surface area (Å²) in [6.45, 7) is 1.54. The number of amides is 1. The van der Waals surface area contributed by atoms with Crippen LogP contribution >= 0.6 is 11.8 Å². The van der Waals surface area contributed by atoms with E-state index in [0.717, 1.165) is 31.7 Å². The van der Waals surface area contributed by atoms with Gasteiger partial charge in [0.25, 0.3) is 0 Å². The van der Waals surface area contributed by atoms with Crippen molar-refractivity contribution < 1.29 is 4.79 Å². The summed E-state index contributed by atoms with van der Waals surface area (Å²) < 4.78 is 0. The maximum atomic E-state index is 12.6. The van der Waals surface area contributed by atoms with Crippen molar-refractivity contribution in [3.8, 4) is 0 Å². The molecule has 0 unspecified atom stereocenters. The van der Waals surface area contributed by atoms with Crippen molar-refractivity contribution in [2.75, 3.05) is 18.8 Å². The van der Waals surface area contributed by atoms with E-state index < -0.39 is 0 Å². The van der Waals surface area contributed by atoms with Gasteiger partial charge in [-0.2, -0.15) is 0 Å². The van der Waals surface area contributed by atoms with Crippen molar-refractivity contribution in [2.45, 2.75) is 24.1 Å². The Bertz CT molecular complexity index is 463. The SMILES string of the molecule is N[C@H]1CCN(C(=O)[C@@H]2SCCc3ccccc32)C1. The number of thioether (sulfide) groups is 1. The number of hydrogen-bond acceptors (Lipinski definition) is 3. The van der Waals surface area contributed by atoms with Gasteiger partial charge in [-0.1, -0.05) is 24.3 Å². The van der Waals surface area contributed by atoms with Crippen LogP contribution in [0, 0.1) is 0 Å². The summed E-state index contributed by atoms with van der Waals surface area (Å²) in [5, 5.41) is -0.0137. The van der Waals surface area contributed by atoms with Crippen LogP contribution < -0.4 is 5.73 Å². The van der Waals surface area contributed by atoms with Gasteiger partial charge in [-0.05, 0) is 29.7 Å². The highest BCUT2D eigenvalue weighted by Gasteiger charge is 2.33. The molecule has 1 aromatic rings. The van der Waals surface area contributed by atoms with E-state index in [1.54, 1.807) is 11.8 Å². The number of rotatable bonds is 1. The van der Waals surface area contributed by atoms with Crippen molar-refractivity contribution in [1.82, 2.24) is 4.90 Å². The van der Waals surface area contributed by atoms with E-state index >= 15 is 0 Å². The Balaban J connectivity index is 1.83. The van der Waals surface area contributed by atoms with Crippen LogP contribution in [0.25, 0.3) is 0 Å². The summed E-state index contributed by atoms with van der Waals surface area (Å²) in [6, 6.07) is 8.49. The minimum absolute atomic E-state index is 0.0137. The van der Waals surface area contributed by atoms with Crippen molar-refractivity contribution in [3.63, 3.8) is 0 Å². The third kappa shape index (κ3) is 2.15. The van der Waals surface area contributed by atoms with Crippen molar-refractivity contribution in [1.29, 1.82) is 0 Å². The molecule has 3 rings (SSSR count). The third-order valence-corrected chi connectivity index (χ3v) is 4.98. The number of hydrogen-bond donors (Lipinski definition) is 1. The Morgan fingerprint density at radius 1 is 1.39 bits per heavy atom. The summed E-state index contributed by atoms with van der Waals surface area (Å²) in [7, 11) is 0. The van der Waals surface area contributed by atoms with Gasteiger partial charge in [-0.3, -0.25) is 4.79 Å². The average molecular weight is 262 g/mol. The Morgan fingerprint density at radius 3 is 3.00 bits per heavy atom. The lowest BCUT2D eigenvalue weighted by molar-refractivity contribution is -0.129. The zero-order chi connectivity index (χ0) is 12.5. The summed E-state index contributed by atoms with van der Waals surface area (Å²) in [5.41, 5.74) is 8.43. The molecule has 0 aliphatic carbocycles. The predicted octanol–water partition coefficient (Wildman–Crippen LogP) is 1.58. The second-order valence-corrected chi connectivity index (χ2v) is 6.25. The summed E-state index contributed by atoms with van der Waals surface area (Å²) in [5.74, 6) is 1.29. The molecule has 4 heteroatoms. The van der Waals surface area contributed by atoms with E-state index in [9.17, 15) is 4.79 Å². The number of nitrogens with zero attached hydrogens (tertiary/aromatic N) is 1. The van der Waals surface area contributed by atoms with Crippen LogP contribution in [-0.4, -0.2) is 35.7 Å². The largest absolute Gasteiger partial charge is 0.340 e. The van der Waals surface area contributed by atoms with E-state index in [1.807, 2.05) is 11.0 Å². The fraction of sp³-hybridized carbons (Fsp3) is 0.500. The number of likely N-dealkylation sites (tertiary alicyclic amines) is 1. The molecule has 0 bridgehead atoms. The van der Waals surface area contributed by atoms with Crippen LogP contribution in [0.4, 0.5) is 0 Å². The molecule has 3 nitrogen and oxygen atoms in total. The molecule has 1 aromatic carbocycles. The number of carbonyl (C=O) groups excluding carboxylic acids is 1. The van der Waals surface area contributed by atoms with Crippen LogP contribution in [0.3, 0.4) is 0 Å². The summed E-state index contributed by atoms with van der Waals surface area (Å²) in [6.07, 6.45) is 2.01. The Morgan fingerprint density at radius 2 is 2.22 bits per heavy atom. The topological polar surface area (TPSA) is 46.3 Å². The first-order chi connectivity index (χ1) is 8.75. The predicted molar refractivity (Wildman–Crippen MR) is 74.5 cm³/mol. The first-order valence-corrected chi connectivity index (χ1v) is 7.54. The fourth-order valence-corrected chi connectivity index (χ4v) is 4.03. The highest BCUT2D eigenvalue weighted by molar-refractivity contribution is 8.00. The summed E-state index contributed by atoms with van der Waals surface area (Å²) in [4.78, 5) is 14.5. The van der Waals surface area contributed by atoms with Crippen LogP contribution in [0.5, 0.6) is 0 Å². The molecule has 96 valence electrons. The quantitative estimate of drug-likeness (QED) is 0.836. The maximum Gasteiger partial charge on any atom is 0.240 e. The zero-order valence-electron chi connectivity index (χ0n) is 10.3. The first-order valence-electron chi connectivity index (χ1n) is 6.49. The van der Waals surface area contributed by atoms with Crippen molar-refractivity contribution in [2.24, 2.45) is 5.73 Å². The van der Waals surface area contributed by atoms with Gasteiger partial charge in [0, 0.05) is 19.1 Å². The summed E-state index contributed by atoms with van der Waals surface area (Å²) >= 11 is 1.77. The molecule has 18 heavy (non-hydrogen) atoms. The highest BCUT2D eigenvalue weighted by atomic mass is 32.2. The minimum atomic E-state index is -0.0137. The van der Waals surface area contributed by atoms with E-state index in [1.165, 1.54) is 11.1 Å². The number of nitrogens with two attached hydrogens (primary N) is 1. The molecule has 2 heterocycles. The smallest absolute Gasteiger partial charge is 0.240 e. The van der Waals surface area contributed by atoms with Crippen LogP contribution in [-0.2, 0) is 11.2 Å². The molecule has 1 amide bonds. The second kappa shape index (κ2) is 4.94. The molecule has 0 radical (unpaired) electrons. The first kappa shape index (κ1) is 12.1. The van der Waals surface area contributed by atoms with Crippen molar-refractivity contribution >= 4 is 17.7 Å². The van der Waals surface area contributed by atoms with Gasteiger partial charge in [-0.25, -0.2) is 0 Å². The molecule has 0 spiro atoms. The third-order valence-electron chi connectivity index (χ3n) is 3.75. The number of aryl methyl sites for hydroxylation is 1. The Hall–Kier alpha value is -1.00. The molecule has 1 fully saturated rings. The number of carbonyl (C=O) groups is 1. The molecular formula is C14H18N2OS. The van der Waals surface area contributed by atoms with Crippen LogP contribution in [0.1, 0.15) is 22.8 Å². The zero-order valence-corrected chi connectivity index (χ0v) is 11.2. The lowest BCUT2D eigenvalue weighted by atomic mass is 10.0. The lowest BCUT2D eigenvalue weighted by Gasteiger charge is -2.28. The van der Waals surface area contributed by atoms with Gasteiger partial charge in [-0.15, -0.1) is 11.8 Å². The Kier molecular flexibility index (Phi) is 3.31. The lowest BCUT2D eigenvalue weighted by Crippen LogP contribution is -2.35. The number of fused-ring (bicyclic) bond motifs is 1. The molecule has 2 atom stereocenters.